The topological polar surface area (TPSA) is 207 Å². The molecule has 2 saturated heterocycles. The number of aliphatic hydroxyl groups excluding tert-OH is 1. The Balaban J connectivity index is 0.836. The first kappa shape index (κ1) is 60.5. The summed E-state index contributed by atoms with van der Waals surface area (Å²) < 4.78 is 99.5. The van der Waals surface area contributed by atoms with Gasteiger partial charge >= 0.3 is 6.18 Å². The second-order valence-electron chi connectivity index (χ2n) is 21.2. The average molecular weight is 1170 g/mol. The van der Waals surface area contributed by atoms with Crippen molar-refractivity contribution in [2.75, 3.05) is 36.0 Å². The minimum atomic E-state index is -5.28. The van der Waals surface area contributed by atoms with E-state index in [2.05, 4.69) is 25.8 Å². The summed E-state index contributed by atoms with van der Waals surface area (Å²) in [4.78, 5) is 67.3. The van der Waals surface area contributed by atoms with Gasteiger partial charge in [-0.2, -0.15) is 18.4 Å². The number of alkyl halides is 3. The molecule has 82 heavy (non-hydrogen) atoms. The number of hydrogen-bond acceptors (Lipinski definition) is 14. The third kappa shape index (κ3) is 12.6. The number of nitriles is 1. The Morgan fingerprint density at radius 1 is 1.00 bits per heavy atom. The van der Waals surface area contributed by atoms with Gasteiger partial charge in [0.2, 0.25) is 11.8 Å². The molecule has 2 fully saturated rings. The van der Waals surface area contributed by atoms with Crippen LogP contribution in [0.3, 0.4) is 0 Å². The molecule has 3 amide bonds. The molecule has 0 bridgehead atoms. The number of likely N-dealkylation sites (tertiary alicyclic amines) is 1. The zero-order valence-electron chi connectivity index (χ0n) is 45.6. The standard InChI is InChI=1S/C58H59F6N9O7S2/c1-32(2)57(30-74,47-21-33(3)70-80-47)29-71-28-40(75)24-45(71)53(77)69-43(35-11-13-36(14-12-35)52-34(4)68-31-82-52)25-48(76)66-19-9-7-8-10-20-79-46-18-16-37(22-41(46)59)51-42(60)23-39(27-67-51)73-55(81)72(54(78)56(73,5)6)44-17-15-38(26-65)49(50(44)61)58(62,63)64/h11-18,21-23,27,30-32,40,43,45,75H,7-10,19-20,24-25,28-29H2,1-6H3,(H,66,76)(H,69,77)/t40-,43+,45+,57?/m1/s1. The van der Waals surface area contributed by atoms with Crippen LogP contribution >= 0.6 is 23.6 Å². The number of pyridine rings is 1. The summed E-state index contributed by atoms with van der Waals surface area (Å²) >= 11 is 6.95. The summed E-state index contributed by atoms with van der Waals surface area (Å²) in [6.45, 7) is 10.8. The highest BCUT2D eigenvalue weighted by molar-refractivity contribution is 7.81. The molecule has 24 heteroatoms. The van der Waals surface area contributed by atoms with Crippen molar-refractivity contribution < 1.29 is 59.9 Å². The molecule has 2 aliphatic rings. The number of thiocarbonyl (C=S) groups is 1. The van der Waals surface area contributed by atoms with E-state index in [4.69, 9.17) is 21.5 Å². The van der Waals surface area contributed by atoms with Gasteiger partial charge in [0, 0.05) is 37.3 Å². The van der Waals surface area contributed by atoms with Crippen LogP contribution in [0.25, 0.3) is 21.7 Å². The summed E-state index contributed by atoms with van der Waals surface area (Å²) in [5.41, 5.74) is -2.04. The first-order chi connectivity index (χ1) is 38.9. The summed E-state index contributed by atoms with van der Waals surface area (Å²) in [6, 6.07) is 15.2. The molecule has 1 unspecified atom stereocenters. The minimum Gasteiger partial charge on any atom is -0.491 e. The Hall–Kier alpha value is -7.59. The summed E-state index contributed by atoms with van der Waals surface area (Å²) in [5, 5.41) is 29.6. The predicted molar refractivity (Wildman–Crippen MR) is 297 cm³/mol. The predicted octanol–water partition coefficient (Wildman–Crippen LogP) is 10.2. The quantitative estimate of drug-likeness (QED) is 0.0250. The lowest BCUT2D eigenvalue weighted by molar-refractivity contribution is -0.140. The van der Waals surface area contributed by atoms with E-state index >= 15 is 13.2 Å². The summed E-state index contributed by atoms with van der Waals surface area (Å²) in [5.74, 6) is -5.29. The normalized spacial score (nSPS) is 17.5. The highest BCUT2D eigenvalue weighted by Gasteiger charge is 2.52. The number of carbonyl (C=O) groups is 4. The van der Waals surface area contributed by atoms with Crippen molar-refractivity contribution in [3.05, 3.63) is 130 Å². The van der Waals surface area contributed by atoms with Crippen LogP contribution < -0.4 is 25.2 Å². The molecule has 4 atom stereocenters. The molecule has 3 aromatic heterocycles. The number of carbonyl (C=O) groups excluding carboxylic acids is 4. The van der Waals surface area contributed by atoms with Gasteiger partial charge in [-0.25, -0.2) is 18.2 Å². The number of ether oxygens (including phenoxy) is 1. The third-order valence-electron chi connectivity index (χ3n) is 14.9. The molecular weight excluding hydrogens is 1110 g/mol. The zero-order chi connectivity index (χ0) is 59.4. The van der Waals surface area contributed by atoms with Gasteiger partial charge in [-0.05, 0) is 107 Å². The van der Waals surface area contributed by atoms with Crippen LogP contribution in [0.1, 0.15) is 106 Å². The number of amides is 3. The van der Waals surface area contributed by atoms with Gasteiger partial charge in [0.1, 0.15) is 28.5 Å². The molecule has 0 saturated carbocycles. The molecule has 2 aliphatic heterocycles. The lowest BCUT2D eigenvalue weighted by Crippen LogP contribution is -2.52. The van der Waals surface area contributed by atoms with Crippen LogP contribution in [0, 0.1) is 48.5 Å². The van der Waals surface area contributed by atoms with Gasteiger partial charge in [-0.15, -0.1) is 11.3 Å². The van der Waals surface area contributed by atoms with Crippen LogP contribution in [0.2, 0.25) is 0 Å². The van der Waals surface area contributed by atoms with Crippen molar-refractivity contribution in [1.29, 1.82) is 5.26 Å². The Bertz CT molecular complexity index is 3420. The van der Waals surface area contributed by atoms with E-state index in [9.17, 15) is 42.7 Å². The number of anilines is 2. The molecule has 0 spiro atoms. The molecule has 0 radical (unpaired) electrons. The number of nitrogens with one attached hydrogen (secondary N) is 2. The molecule has 8 rings (SSSR count). The monoisotopic (exact) mass is 1170 g/mol. The number of thiazole rings is 1. The molecule has 0 aliphatic carbocycles. The average Bonchev–Trinajstić information content (AvgIpc) is 4.40. The van der Waals surface area contributed by atoms with Gasteiger partial charge in [0.15, 0.2) is 34.1 Å². The maximum absolute atomic E-state index is 15.8. The summed E-state index contributed by atoms with van der Waals surface area (Å²) in [7, 11) is 0. The number of halogens is 6. The number of aryl methyl sites for hydroxylation is 2. The van der Waals surface area contributed by atoms with E-state index in [1.165, 1.54) is 43.4 Å². The highest BCUT2D eigenvalue weighted by atomic mass is 32.1. The van der Waals surface area contributed by atoms with E-state index in [-0.39, 0.29) is 67.1 Å². The molecule has 432 valence electrons. The van der Waals surface area contributed by atoms with Crippen LogP contribution in [0.5, 0.6) is 5.75 Å². The number of nitrogens with zero attached hydrogens (tertiary/aromatic N) is 7. The largest absolute Gasteiger partial charge is 0.491 e. The van der Waals surface area contributed by atoms with E-state index in [0.717, 1.165) is 57.8 Å². The fraction of sp³-hybridized carbons (Fsp3) is 0.397. The number of β-amino-alcohol motifs (C(OH)–C–C–N with tert-alkyl or cyclic N) is 1. The Kier molecular flexibility index (Phi) is 18.3. The highest BCUT2D eigenvalue weighted by Crippen LogP contribution is 2.43. The molecular formula is C58H59F6N9O7S2. The van der Waals surface area contributed by atoms with Crippen molar-refractivity contribution in [3.63, 3.8) is 0 Å². The van der Waals surface area contributed by atoms with Crippen molar-refractivity contribution in [1.82, 2.24) is 30.7 Å². The Morgan fingerprint density at radius 3 is 2.34 bits per heavy atom. The van der Waals surface area contributed by atoms with Crippen LogP contribution in [-0.4, -0.2) is 98.2 Å². The number of aromatic nitrogens is 3. The fourth-order valence-corrected chi connectivity index (χ4v) is 11.6. The van der Waals surface area contributed by atoms with Crippen LogP contribution in [0.4, 0.5) is 37.7 Å². The zero-order valence-corrected chi connectivity index (χ0v) is 47.2. The van der Waals surface area contributed by atoms with Crippen molar-refractivity contribution in [2.45, 2.75) is 115 Å². The number of rotatable bonds is 22. The third-order valence-corrected chi connectivity index (χ3v) is 16.2. The summed E-state index contributed by atoms with van der Waals surface area (Å²) in [6.07, 6.45) is -1.65. The van der Waals surface area contributed by atoms with Crippen LogP contribution in [-0.2, 0) is 30.8 Å². The SMILES string of the molecule is Cc1cc(C(C=O)(CN2C[C@H](O)C[C@H]2C(=O)N[C@@H](CC(=O)NCCCCCCOc2ccc(-c3ncc(N4C(=S)N(c5ccc(C#N)c(C(F)(F)F)c5F)C(=O)C4(C)C)cc3F)cc2F)c2ccc(-c3scnc3C)cc2)C(C)C)on1. The van der Waals surface area contributed by atoms with E-state index in [1.807, 2.05) is 45.0 Å². The molecule has 5 heterocycles. The lowest BCUT2D eigenvalue weighted by Gasteiger charge is -2.36. The van der Waals surface area contributed by atoms with Gasteiger partial charge in [0.05, 0.1) is 82.2 Å². The van der Waals surface area contributed by atoms with Crippen molar-refractivity contribution >= 4 is 64.0 Å². The first-order valence-electron chi connectivity index (χ1n) is 26.4. The second kappa shape index (κ2) is 24.9. The van der Waals surface area contributed by atoms with E-state index in [0.29, 0.717) is 54.1 Å². The molecule has 3 aromatic carbocycles. The van der Waals surface area contributed by atoms with Crippen molar-refractivity contribution in [2.24, 2.45) is 5.92 Å². The number of aliphatic hydroxyl groups is 1. The fourth-order valence-electron chi connectivity index (χ4n) is 10.3. The first-order valence-corrected chi connectivity index (χ1v) is 27.6. The smallest absolute Gasteiger partial charge is 0.420 e. The Morgan fingerprint density at radius 2 is 1.72 bits per heavy atom. The van der Waals surface area contributed by atoms with Gasteiger partial charge < -0.3 is 34.7 Å². The Labute approximate surface area is 478 Å². The lowest BCUT2D eigenvalue weighted by atomic mass is 9.75. The van der Waals surface area contributed by atoms with Gasteiger partial charge in [0.25, 0.3) is 5.91 Å². The number of benzene rings is 3. The molecule has 16 nitrogen and oxygen atoms in total. The maximum Gasteiger partial charge on any atom is 0.420 e. The maximum atomic E-state index is 15.8. The minimum absolute atomic E-state index is 0.0312. The molecule has 3 N–H and O–H groups in total. The second-order valence-corrected chi connectivity index (χ2v) is 22.4. The van der Waals surface area contributed by atoms with E-state index < -0.39 is 86.5 Å². The number of hydrogen-bond donors (Lipinski definition) is 3. The van der Waals surface area contributed by atoms with Gasteiger partial charge in [-0.1, -0.05) is 56.1 Å². The van der Waals surface area contributed by atoms with E-state index in [1.54, 1.807) is 23.4 Å². The van der Waals surface area contributed by atoms with Crippen molar-refractivity contribution in [3.8, 4) is 33.5 Å². The number of unbranched alkanes of at least 4 members (excludes halogenated alkanes) is 3. The number of aldehydes is 1. The van der Waals surface area contributed by atoms with Gasteiger partial charge in [-0.3, -0.25) is 29.2 Å². The molecule has 6 aromatic rings. The van der Waals surface area contributed by atoms with Crippen LogP contribution in [0.15, 0.2) is 83.0 Å².